The van der Waals surface area contributed by atoms with Crippen LogP contribution in [0.3, 0.4) is 0 Å². The maximum Gasteiger partial charge on any atom is 0.338 e. The summed E-state index contributed by atoms with van der Waals surface area (Å²) in [4.78, 5) is 42.5. The second-order valence-electron chi connectivity index (χ2n) is 8.81. The molecule has 39 heavy (non-hydrogen) atoms. The van der Waals surface area contributed by atoms with Crippen molar-refractivity contribution in [2.24, 2.45) is 4.99 Å². The van der Waals surface area contributed by atoms with E-state index in [1.165, 1.54) is 28.0 Å². The van der Waals surface area contributed by atoms with Gasteiger partial charge in [0.1, 0.15) is 11.5 Å². The van der Waals surface area contributed by atoms with Gasteiger partial charge in [-0.05, 0) is 56.2 Å². The molecule has 0 amide bonds. The summed E-state index contributed by atoms with van der Waals surface area (Å²) in [6.07, 6.45) is 1.61. The Bertz CT molecular complexity index is 1830. The molecule has 0 fully saturated rings. The number of carbonyl (C=O) groups excluding carboxylic acids is 1. The lowest BCUT2D eigenvalue weighted by molar-refractivity contribution is -0.384. The Kier molecular flexibility index (Phi) is 7.19. The van der Waals surface area contributed by atoms with Gasteiger partial charge in [0.15, 0.2) is 4.80 Å². The number of fused-ring (bicyclic) bond motifs is 1. The van der Waals surface area contributed by atoms with Gasteiger partial charge in [0.25, 0.3) is 11.2 Å². The Hall–Kier alpha value is -4.09. The van der Waals surface area contributed by atoms with Crippen molar-refractivity contribution in [3.05, 3.63) is 117 Å². The number of allylic oxidation sites excluding steroid dienone is 1. The molecule has 1 aliphatic rings. The van der Waals surface area contributed by atoms with Gasteiger partial charge in [-0.15, -0.1) is 0 Å². The summed E-state index contributed by atoms with van der Waals surface area (Å²) in [5, 5.41) is 11.2. The van der Waals surface area contributed by atoms with E-state index in [0.29, 0.717) is 37.7 Å². The van der Waals surface area contributed by atoms with Crippen LogP contribution >= 0.6 is 27.3 Å². The first-order chi connectivity index (χ1) is 18.7. The van der Waals surface area contributed by atoms with Gasteiger partial charge in [-0.1, -0.05) is 45.5 Å². The maximum atomic E-state index is 13.7. The van der Waals surface area contributed by atoms with Crippen molar-refractivity contribution in [2.75, 3.05) is 6.61 Å². The average Bonchev–Trinajstić information content (AvgIpc) is 3.48. The molecule has 0 aliphatic carbocycles. The third kappa shape index (κ3) is 5.02. The molecule has 1 aliphatic heterocycles. The van der Waals surface area contributed by atoms with Crippen molar-refractivity contribution < 1.29 is 18.9 Å². The van der Waals surface area contributed by atoms with Crippen molar-refractivity contribution in [3.8, 4) is 11.3 Å². The van der Waals surface area contributed by atoms with E-state index in [9.17, 15) is 19.7 Å². The normalized spacial score (nSPS) is 15.2. The SMILES string of the molecule is CCOC(=O)C1=C(C)N=c2s/c(=C\c3ccc(-c4cc([N+](=O)[O-])ccc4C)o3)c(=O)n2[C@@H]1c1ccc(Br)cc1. The zero-order chi connectivity index (χ0) is 27.8. The third-order valence-corrected chi connectivity index (χ3v) is 7.81. The molecule has 2 aromatic carbocycles. The number of thiazole rings is 1. The van der Waals surface area contributed by atoms with E-state index in [4.69, 9.17) is 9.15 Å². The molecule has 5 rings (SSSR count). The molecule has 4 aromatic rings. The Morgan fingerprint density at radius 2 is 1.95 bits per heavy atom. The minimum absolute atomic E-state index is 0.0393. The number of aromatic nitrogens is 1. The van der Waals surface area contributed by atoms with Crippen LogP contribution in [0.15, 0.2) is 84.5 Å². The fourth-order valence-electron chi connectivity index (χ4n) is 4.45. The summed E-state index contributed by atoms with van der Waals surface area (Å²) < 4.78 is 14.0. The van der Waals surface area contributed by atoms with E-state index in [1.807, 2.05) is 31.2 Å². The lowest BCUT2D eigenvalue weighted by Crippen LogP contribution is -2.39. The number of hydrogen-bond donors (Lipinski definition) is 0. The van der Waals surface area contributed by atoms with Gasteiger partial charge in [0, 0.05) is 28.2 Å². The van der Waals surface area contributed by atoms with Crippen LogP contribution in [0.1, 0.15) is 36.8 Å². The Labute approximate surface area is 234 Å². The van der Waals surface area contributed by atoms with Crippen LogP contribution in [0, 0.1) is 17.0 Å². The second-order valence-corrected chi connectivity index (χ2v) is 10.7. The first kappa shape index (κ1) is 26.5. The number of hydrogen-bond acceptors (Lipinski definition) is 8. The van der Waals surface area contributed by atoms with Crippen molar-refractivity contribution in [1.29, 1.82) is 0 Å². The molecular formula is C28H22BrN3O6S. The van der Waals surface area contributed by atoms with E-state index >= 15 is 0 Å². The second kappa shape index (κ2) is 10.6. The van der Waals surface area contributed by atoms with E-state index in [0.717, 1.165) is 15.6 Å². The van der Waals surface area contributed by atoms with Gasteiger partial charge >= 0.3 is 5.97 Å². The number of aryl methyl sites for hydroxylation is 1. The lowest BCUT2D eigenvalue weighted by Gasteiger charge is -2.24. The molecule has 0 bridgehead atoms. The van der Waals surface area contributed by atoms with Gasteiger partial charge in [0.2, 0.25) is 0 Å². The molecule has 3 heterocycles. The summed E-state index contributed by atoms with van der Waals surface area (Å²) in [6, 6.07) is 14.7. The Morgan fingerprint density at radius 1 is 1.21 bits per heavy atom. The molecule has 0 N–H and O–H groups in total. The number of esters is 1. The number of rotatable bonds is 6. The van der Waals surface area contributed by atoms with Gasteiger partial charge in [-0.25, -0.2) is 9.79 Å². The minimum Gasteiger partial charge on any atom is -0.463 e. The van der Waals surface area contributed by atoms with Crippen LogP contribution in [0.5, 0.6) is 0 Å². The third-order valence-electron chi connectivity index (χ3n) is 6.30. The zero-order valence-corrected chi connectivity index (χ0v) is 23.5. The molecule has 9 nitrogen and oxygen atoms in total. The highest BCUT2D eigenvalue weighted by Gasteiger charge is 2.33. The van der Waals surface area contributed by atoms with Crippen molar-refractivity contribution >= 4 is 45.0 Å². The molecule has 11 heteroatoms. The summed E-state index contributed by atoms with van der Waals surface area (Å²) in [5.41, 5.74) is 2.57. The number of carbonyl (C=O) groups is 1. The zero-order valence-electron chi connectivity index (χ0n) is 21.1. The molecule has 0 spiro atoms. The van der Waals surface area contributed by atoms with E-state index in [2.05, 4.69) is 20.9 Å². The fraction of sp³-hybridized carbons (Fsp3) is 0.179. The van der Waals surface area contributed by atoms with Crippen molar-refractivity contribution in [1.82, 2.24) is 4.57 Å². The summed E-state index contributed by atoms with van der Waals surface area (Å²) in [5.74, 6) is 0.329. The molecular weight excluding hydrogens is 586 g/mol. The molecule has 198 valence electrons. The van der Waals surface area contributed by atoms with Crippen LogP contribution < -0.4 is 14.9 Å². The number of nitro groups is 1. The number of benzene rings is 2. The molecule has 0 saturated heterocycles. The number of furan rings is 1. The molecule has 2 aromatic heterocycles. The quantitative estimate of drug-likeness (QED) is 0.172. The minimum atomic E-state index is -0.713. The van der Waals surface area contributed by atoms with E-state index in [-0.39, 0.29) is 17.9 Å². The van der Waals surface area contributed by atoms with Crippen LogP contribution in [0.2, 0.25) is 0 Å². The van der Waals surface area contributed by atoms with Gasteiger partial charge in [-0.2, -0.15) is 0 Å². The molecule has 0 saturated carbocycles. The van der Waals surface area contributed by atoms with Gasteiger partial charge in [0.05, 0.1) is 33.4 Å². The number of nitrogens with zero attached hydrogens (tertiary/aromatic N) is 3. The highest BCUT2D eigenvalue weighted by molar-refractivity contribution is 9.10. The first-order valence-corrected chi connectivity index (χ1v) is 13.6. The van der Waals surface area contributed by atoms with Crippen LogP contribution in [-0.2, 0) is 9.53 Å². The fourth-order valence-corrected chi connectivity index (χ4v) is 5.74. The first-order valence-electron chi connectivity index (χ1n) is 12.0. The Morgan fingerprint density at radius 3 is 2.64 bits per heavy atom. The standard InChI is InChI=1S/C28H22BrN3O6S/c1-4-37-27(34)24-16(3)30-28-31(25(24)17-6-8-18(29)9-7-17)26(33)23(39-28)14-20-11-12-22(38-20)21-13-19(32(35)36)10-5-15(21)2/h5-14,25H,4H2,1-3H3/b23-14-/t25-/m1/s1. The monoisotopic (exact) mass is 607 g/mol. The lowest BCUT2D eigenvalue weighted by atomic mass is 9.96. The topological polar surface area (TPSA) is 117 Å². The summed E-state index contributed by atoms with van der Waals surface area (Å²) in [7, 11) is 0. The van der Waals surface area contributed by atoms with E-state index in [1.54, 1.807) is 38.1 Å². The number of ether oxygens (including phenoxy) is 1. The smallest absolute Gasteiger partial charge is 0.338 e. The number of halogens is 1. The highest BCUT2D eigenvalue weighted by Crippen LogP contribution is 2.32. The summed E-state index contributed by atoms with van der Waals surface area (Å²) in [6.45, 7) is 5.49. The van der Waals surface area contributed by atoms with E-state index < -0.39 is 16.9 Å². The molecule has 0 unspecified atom stereocenters. The van der Waals surface area contributed by atoms with Gasteiger partial charge in [-0.3, -0.25) is 19.5 Å². The molecule has 1 atom stereocenters. The number of nitro benzene ring substituents is 1. The predicted octanol–water partition coefficient (Wildman–Crippen LogP) is 5.04. The average molecular weight is 608 g/mol. The van der Waals surface area contributed by atoms with Crippen molar-refractivity contribution in [2.45, 2.75) is 26.8 Å². The Balaban J connectivity index is 1.62. The molecule has 0 radical (unpaired) electrons. The van der Waals surface area contributed by atoms with Crippen LogP contribution in [0.4, 0.5) is 5.69 Å². The number of non-ortho nitro benzene ring substituents is 1. The highest BCUT2D eigenvalue weighted by atomic mass is 79.9. The van der Waals surface area contributed by atoms with Crippen molar-refractivity contribution in [3.63, 3.8) is 0 Å². The summed E-state index contributed by atoms with van der Waals surface area (Å²) >= 11 is 4.62. The maximum absolute atomic E-state index is 13.7. The van der Waals surface area contributed by atoms with Gasteiger partial charge < -0.3 is 9.15 Å². The van der Waals surface area contributed by atoms with Crippen LogP contribution in [-0.4, -0.2) is 22.1 Å². The van der Waals surface area contributed by atoms with Crippen LogP contribution in [0.25, 0.3) is 17.4 Å². The largest absolute Gasteiger partial charge is 0.463 e. The predicted molar refractivity (Wildman–Crippen MR) is 150 cm³/mol.